The highest BCUT2D eigenvalue weighted by atomic mass is 32.2. The smallest absolute Gasteiger partial charge is 0.255 e. The van der Waals surface area contributed by atoms with Crippen LogP contribution in [0.15, 0.2) is 34.2 Å². The van der Waals surface area contributed by atoms with Crippen LogP contribution < -0.4 is 5.56 Å². The third-order valence-electron chi connectivity index (χ3n) is 3.24. The summed E-state index contributed by atoms with van der Waals surface area (Å²) in [5.41, 5.74) is 4.06. The number of benzene rings is 1. The van der Waals surface area contributed by atoms with Crippen LogP contribution in [-0.2, 0) is 12.8 Å². The molecule has 4 heteroatoms. The Balaban J connectivity index is 2.45. The number of nitrogens with zero attached hydrogens (tertiary/aromatic N) is 1. The number of nitrogens with one attached hydrogen (secondary N) is 1. The first-order chi connectivity index (χ1) is 9.15. The van der Waals surface area contributed by atoms with Gasteiger partial charge in [-0.15, -0.1) is 0 Å². The van der Waals surface area contributed by atoms with Crippen molar-refractivity contribution in [2.45, 2.75) is 31.8 Å². The topological polar surface area (TPSA) is 45.8 Å². The molecule has 0 bridgehead atoms. The molecule has 0 amide bonds. The van der Waals surface area contributed by atoms with Crippen LogP contribution in [0.3, 0.4) is 0 Å². The number of hydrogen-bond donors (Lipinski definition) is 1. The Bertz CT molecular complexity index is 634. The van der Waals surface area contributed by atoms with Gasteiger partial charge in [-0.2, -0.15) is 0 Å². The molecule has 100 valence electrons. The Morgan fingerprint density at radius 3 is 2.68 bits per heavy atom. The highest BCUT2D eigenvalue weighted by Gasteiger charge is 2.11. The van der Waals surface area contributed by atoms with Gasteiger partial charge in [0.2, 0.25) is 0 Å². The Labute approximate surface area is 117 Å². The third-order valence-corrected chi connectivity index (χ3v) is 3.82. The van der Waals surface area contributed by atoms with Crippen molar-refractivity contribution in [1.29, 1.82) is 0 Å². The largest absolute Gasteiger partial charge is 0.301 e. The molecule has 19 heavy (non-hydrogen) atoms. The van der Waals surface area contributed by atoms with Gasteiger partial charge in [-0.3, -0.25) is 4.79 Å². The van der Waals surface area contributed by atoms with Gasteiger partial charge in [0.05, 0.1) is 5.69 Å². The summed E-state index contributed by atoms with van der Waals surface area (Å²) in [4.78, 5) is 19.5. The number of aryl methyl sites for hydroxylation is 2. The van der Waals surface area contributed by atoms with Gasteiger partial charge in [-0.05, 0) is 30.7 Å². The third kappa shape index (κ3) is 3.07. The van der Waals surface area contributed by atoms with Crippen molar-refractivity contribution >= 4 is 11.8 Å². The van der Waals surface area contributed by atoms with Crippen LogP contribution in [0.5, 0.6) is 0 Å². The summed E-state index contributed by atoms with van der Waals surface area (Å²) in [5, 5.41) is 0.690. The molecule has 2 rings (SSSR count). The van der Waals surface area contributed by atoms with Crippen molar-refractivity contribution in [1.82, 2.24) is 9.97 Å². The Morgan fingerprint density at radius 2 is 2.05 bits per heavy atom. The summed E-state index contributed by atoms with van der Waals surface area (Å²) in [7, 11) is 0. The molecule has 0 saturated heterocycles. The number of aromatic amines is 1. The molecule has 0 aliphatic rings. The number of rotatable bonds is 4. The van der Waals surface area contributed by atoms with Crippen molar-refractivity contribution in [2.75, 3.05) is 6.26 Å². The second kappa shape index (κ2) is 6.06. The second-order valence-electron chi connectivity index (χ2n) is 4.46. The standard InChI is InChI=1S/C15H18N2OS/c1-4-13-12(14(18)17-15(16-13)19-3)9-11-8-6-5-7-10(11)2/h5-8H,4,9H2,1-3H3,(H,16,17,18). The summed E-state index contributed by atoms with van der Waals surface area (Å²) in [6.45, 7) is 4.10. The van der Waals surface area contributed by atoms with Crippen molar-refractivity contribution in [3.05, 3.63) is 57.0 Å². The van der Waals surface area contributed by atoms with Gasteiger partial charge in [-0.25, -0.2) is 4.98 Å². The Hall–Kier alpha value is -1.55. The van der Waals surface area contributed by atoms with E-state index in [1.807, 2.05) is 25.3 Å². The molecule has 0 saturated carbocycles. The average Bonchev–Trinajstić information content (AvgIpc) is 2.42. The van der Waals surface area contributed by atoms with Crippen LogP contribution in [0, 0.1) is 6.92 Å². The number of hydrogen-bond acceptors (Lipinski definition) is 3. The lowest BCUT2D eigenvalue weighted by molar-refractivity contribution is 0.832. The van der Waals surface area contributed by atoms with Gasteiger partial charge in [-0.1, -0.05) is 43.0 Å². The van der Waals surface area contributed by atoms with Gasteiger partial charge in [0.1, 0.15) is 0 Å². The Kier molecular flexibility index (Phi) is 4.43. The second-order valence-corrected chi connectivity index (χ2v) is 5.25. The van der Waals surface area contributed by atoms with Crippen LogP contribution in [0.2, 0.25) is 0 Å². The molecule has 0 fully saturated rings. The van der Waals surface area contributed by atoms with E-state index in [9.17, 15) is 4.79 Å². The van der Waals surface area contributed by atoms with E-state index in [1.54, 1.807) is 0 Å². The lowest BCUT2D eigenvalue weighted by atomic mass is 10.00. The van der Waals surface area contributed by atoms with E-state index < -0.39 is 0 Å². The van der Waals surface area contributed by atoms with Crippen molar-refractivity contribution in [3.8, 4) is 0 Å². The summed E-state index contributed by atoms with van der Waals surface area (Å²) in [5.74, 6) is 0. The highest BCUT2D eigenvalue weighted by molar-refractivity contribution is 7.98. The maximum absolute atomic E-state index is 12.2. The van der Waals surface area contributed by atoms with Crippen molar-refractivity contribution < 1.29 is 0 Å². The number of thioether (sulfide) groups is 1. The maximum Gasteiger partial charge on any atom is 0.255 e. The molecule has 2 aromatic rings. The fraction of sp³-hybridized carbons (Fsp3) is 0.333. The summed E-state index contributed by atoms with van der Waals surface area (Å²) >= 11 is 1.46. The van der Waals surface area contributed by atoms with Gasteiger partial charge in [0, 0.05) is 12.0 Å². The maximum atomic E-state index is 12.2. The molecule has 0 aliphatic carbocycles. The van der Waals surface area contributed by atoms with E-state index >= 15 is 0 Å². The van der Waals surface area contributed by atoms with Crippen LogP contribution in [-0.4, -0.2) is 16.2 Å². The quantitative estimate of drug-likeness (QED) is 0.688. The van der Waals surface area contributed by atoms with Crippen LogP contribution in [0.25, 0.3) is 0 Å². The SMILES string of the molecule is CCc1nc(SC)[nH]c(=O)c1Cc1ccccc1C. The van der Waals surface area contributed by atoms with E-state index in [1.165, 1.54) is 22.9 Å². The molecular weight excluding hydrogens is 256 g/mol. The molecule has 1 N–H and O–H groups in total. The summed E-state index contributed by atoms with van der Waals surface area (Å²) < 4.78 is 0. The molecule has 0 aliphatic heterocycles. The zero-order valence-corrected chi connectivity index (χ0v) is 12.3. The lowest BCUT2D eigenvalue weighted by Gasteiger charge is -2.09. The molecule has 1 heterocycles. The number of H-pyrrole nitrogens is 1. The minimum absolute atomic E-state index is 0.0144. The molecule has 1 aromatic carbocycles. The fourth-order valence-electron chi connectivity index (χ4n) is 2.09. The minimum atomic E-state index is -0.0144. The predicted octanol–water partition coefficient (Wildman–Crippen LogP) is 2.95. The molecule has 3 nitrogen and oxygen atoms in total. The molecule has 0 unspecified atom stereocenters. The minimum Gasteiger partial charge on any atom is -0.301 e. The van der Waals surface area contributed by atoms with Crippen molar-refractivity contribution in [2.24, 2.45) is 0 Å². The van der Waals surface area contributed by atoms with Gasteiger partial charge >= 0.3 is 0 Å². The van der Waals surface area contributed by atoms with Crippen LogP contribution in [0.4, 0.5) is 0 Å². The first-order valence-electron chi connectivity index (χ1n) is 6.36. The van der Waals surface area contributed by atoms with Crippen LogP contribution >= 0.6 is 11.8 Å². The molecular formula is C15H18N2OS. The van der Waals surface area contributed by atoms with E-state index in [-0.39, 0.29) is 5.56 Å². The zero-order chi connectivity index (χ0) is 13.8. The summed E-state index contributed by atoms with van der Waals surface area (Å²) in [6.07, 6.45) is 3.34. The van der Waals surface area contributed by atoms with Crippen LogP contribution in [0.1, 0.15) is 29.3 Å². The first-order valence-corrected chi connectivity index (χ1v) is 7.58. The first kappa shape index (κ1) is 13.9. The van der Waals surface area contributed by atoms with E-state index in [0.717, 1.165) is 17.7 Å². The molecule has 0 spiro atoms. The molecule has 0 radical (unpaired) electrons. The zero-order valence-electron chi connectivity index (χ0n) is 11.5. The lowest BCUT2D eigenvalue weighted by Crippen LogP contribution is -2.19. The molecule has 1 aromatic heterocycles. The number of aromatic nitrogens is 2. The fourth-order valence-corrected chi connectivity index (χ4v) is 2.49. The Morgan fingerprint density at radius 1 is 1.32 bits per heavy atom. The summed E-state index contributed by atoms with van der Waals surface area (Å²) in [6, 6.07) is 8.15. The van der Waals surface area contributed by atoms with Gasteiger partial charge in [0.15, 0.2) is 5.16 Å². The average molecular weight is 274 g/mol. The monoisotopic (exact) mass is 274 g/mol. The van der Waals surface area contributed by atoms with Crippen molar-refractivity contribution in [3.63, 3.8) is 0 Å². The van der Waals surface area contributed by atoms with E-state index in [4.69, 9.17) is 0 Å². The van der Waals surface area contributed by atoms with Gasteiger partial charge in [0.25, 0.3) is 5.56 Å². The van der Waals surface area contributed by atoms with E-state index in [0.29, 0.717) is 11.6 Å². The molecule has 0 atom stereocenters. The van der Waals surface area contributed by atoms with E-state index in [2.05, 4.69) is 29.0 Å². The normalized spacial score (nSPS) is 10.7. The highest BCUT2D eigenvalue weighted by Crippen LogP contribution is 2.15. The predicted molar refractivity (Wildman–Crippen MR) is 80.0 cm³/mol. The van der Waals surface area contributed by atoms with Gasteiger partial charge < -0.3 is 4.98 Å².